The van der Waals surface area contributed by atoms with E-state index < -0.39 is 15.6 Å². The molecule has 0 atom stereocenters. The number of imidazole rings is 1. The van der Waals surface area contributed by atoms with Crippen LogP contribution in [0.15, 0.2) is 48.7 Å². The lowest BCUT2D eigenvalue weighted by Crippen LogP contribution is -2.29. The molecule has 30 heavy (non-hydrogen) atoms. The fourth-order valence-corrected chi connectivity index (χ4v) is 4.46. The van der Waals surface area contributed by atoms with Crippen LogP contribution in [0.1, 0.15) is 25.2 Å². The maximum absolute atomic E-state index is 12.5. The van der Waals surface area contributed by atoms with E-state index in [1.807, 2.05) is 13.2 Å². The highest BCUT2D eigenvalue weighted by molar-refractivity contribution is 7.92. The Morgan fingerprint density at radius 3 is 2.30 bits per heavy atom. The molecule has 3 aromatic rings. The highest BCUT2D eigenvalue weighted by Gasteiger charge is 2.23. The lowest BCUT2D eigenvalue weighted by Gasteiger charge is -2.23. The average Bonchev–Trinajstić information content (AvgIpc) is 3.04. The van der Waals surface area contributed by atoms with Crippen molar-refractivity contribution >= 4 is 38.9 Å². The summed E-state index contributed by atoms with van der Waals surface area (Å²) < 4.78 is 27.9. The Hall–Kier alpha value is -2.06. The first-order valence-corrected chi connectivity index (χ1v) is 11.8. The van der Waals surface area contributed by atoms with E-state index in [0.29, 0.717) is 32.8 Å². The standard InChI is InChI=1S/C21H23Cl2N3O3S/c1-21(2,27)20-24-18(13-25(20)3)14-8-10-16(11-9-14)26(30(4,28)29)12-15-6-5-7-17(22)19(15)23/h5-11,13,27H,12H2,1-4H3. The fraction of sp³-hybridized carbons (Fsp3) is 0.286. The second-order valence-corrected chi connectivity index (χ2v) is 10.3. The van der Waals surface area contributed by atoms with Gasteiger partial charge in [-0.3, -0.25) is 4.31 Å². The molecule has 3 rings (SSSR count). The van der Waals surface area contributed by atoms with Crippen molar-refractivity contribution in [2.75, 3.05) is 10.6 Å². The van der Waals surface area contributed by atoms with Gasteiger partial charge in [-0.2, -0.15) is 0 Å². The molecule has 0 saturated carbocycles. The van der Waals surface area contributed by atoms with Crippen LogP contribution < -0.4 is 4.31 Å². The summed E-state index contributed by atoms with van der Waals surface area (Å²) in [6, 6.07) is 12.1. The number of aliphatic hydroxyl groups is 1. The molecule has 1 aromatic heterocycles. The Labute approximate surface area is 186 Å². The van der Waals surface area contributed by atoms with Crippen LogP contribution in [0.3, 0.4) is 0 Å². The smallest absolute Gasteiger partial charge is 0.232 e. The molecular weight excluding hydrogens is 445 g/mol. The van der Waals surface area contributed by atoms with Gasteiger partial charge >= 0.3 is 0 Å². The molecule has 0 spiro atoms. The topological polar surface area (TPSA) is 75.4 Å². The highest BCUT2D eigenvalue weighted by atomic mass is 35.5. The van der Waals surface area contributed by atoms with E-state index in [9.17, 15) is 13.5 Å². The molecule has 0 radical (unpaired) electrons. The first-order chi connectivity index (χ1) is 13.9. The first kappa shape index (κ1) is 22.6. The molecule has 0 fully saturated rings. The molecule has 0 aliphatic rings. The minimum absolute atomic E-state index is 0.0595. The predicted octanol–water partition coefficient (Wildman–Crippen LogP) is 4.59. The lowest BCUT2D eigenvalue weighted by molar-refractivity contribution is 0.0659. The van der Waals surface area contributed by atoms with Crippen molar-refractivity contribution in [3.8, 4) is 11.3 Å². The Bertz CT molecular complexity index is 1170. The van der Waals surface area contributed by atoms with Gasteiger partial charge in [0.25, 0.3) is 0 Å². The third-order valence-corrected chi connectivity index (χ3v) is 6.62. The summed E-state index contributed by atoms with van der Waals surface area (Å²) in [5.41, 5.74) is 1.52. The second-order valence-electron chi connectivity index (χ2n) is 7.65. The molecule has 0 amide bonds. The van der Waals surface area contributed by atoms with Gasteiger partial charge in [0.1, 0.15) is 11.4 Å². The Balaban J connectivity index is 1.95. The number of anilines is 1. The van der Waals surface area contributed by atoms with E-state index >= 15 is 0 Å². The summed E-state index contributed by atoms with van der Waals surface area (Å²) in [5.74, 6) is 0.537. The normalized spacial score (nSPS) is 12.2. The zero-order valence-electron chi connectivity index (χ0n) is 17.1. The van der Waals surface area contributed by atoms with Crippen LogP contribution in [-0.4, -0.2) is 29.3 Å². The minimum atomic E-state index is -3.57. The number of halogens is 2. The number of benzene rings is 2. The molecule has 0 aliphatic heterocycles. The van der Waals surface area contributed by atoms with Crippen LogP contribution in [0.4, 0.5) is 5.69 Å². The number of nitrogens with zero attached hydrogens (tertiary/aromatic N) is 3. The third kappa shape index (κ3) is 4.81. The summed E-state index contributed by atoms with van der Waals surface area (Å²) in [7, 11) is -1.75. The largest absolute Gasteiger partial charge is 0.383 e. The second kappa shape index (κ2) is 8.23. The van der Waals surface area contributed by atoms with Crippen molar-refractivity contribution < 1.29 is 13.5 Å². The van der Waals surface area contributed by atoms with Gasteiger partial charge in [0.15, 0.2) is 0 Å². The van der Waals surface area contributed by atoms with E-state index in [-0.39, 0.29) is 6.54 Å². The molecule has 9 heteroatoms. The van der Waals surface area contributed by atoms with Gasteiger partial charge in [0.2, 0.25) is 10.0 Å². The van der Waals surface area contributed by atoms with Gasteiger partial charge in [-0.05, 0) is 37.6 Å². The summed E-state index contributed by atoms with van der Waals surface area (Å²) in [4.78, 5) is 4.51. The molecule has 1 heterocycles. The fourth-order valence-electron chi connectivity index (χ4n) is 3.20. The van der Waals surface area contributed by atoms with Crippen LogP contribution >= 0.6 is 23.2 Å². The number of aromatic nitrogens is 2. The van der Waals surface area contributed by atoms with E-state index in [1.54, 1.807) is 60.9 Å². The summed E-state index contributed by atoms with van der Waals surface area (Å²) in [6.07, 6.45) is 2.97. The molecular formula is C21H23Cl2N3O3S. The Morgan fingerprint density at radius 1 is 1.13 bits per heavy atom. The van der Waals surface area contributed by atoms with Gasteiger partial charge in [-0.25, -0.2) is 13.4 Å². The van der Waals surface area contributed by atoms with Gasteiger partial charge in [0, 0.05) is 18.8 Å². The summed E-state index contributed by atoms with van der Waals surface area (Å²) in [6.45, 7) is 3.41. The van der Waals surface area contributed by atoms with Crippen LogP contribution in [0.25, 0.3) is 11.3 Å². The zero-order chi connectivity index (χ0) is 22.3. The van der Waals surface area contributed by atoms with Crippen LogP contribution in [0, 0.1) is 0 Å². The van der Waals surface area contributed by atoms with E-state index in [2.05, 4.69) is 4.98 Å². The van der Waals surface area contributed by atoms with Gasteiger partial charge in [-0.15, -0.1) is 0 Å². The Kier molecular flexibility index (Phi) is 6.20. The predicted molar refractivity (Wildman–Crippen MR) is 121 cm³/mol. The van der Waals surface area contributed by atoms with Gasteiger partial charge < -0.3 is 9.67 Å². The van der Waals surface area contributed by atoms with Crippen molar-refractivity contribution in [3.63, 3.8) is 0 Å². The number of hydrogen-bond acceptors (Lipinski definition) is 4. The molecule has 0 saturated heterocycles. The highest BCUT2D eigenvalue weighted by Crippen LogP contribution is 2.31. The molecule has 1 N–H and O–H groups in total. The number of hydrogen-bond donors (Lipinski definition) is 1. The Morgan fingerprint density at radius 2 is 1.77 bits per heavy atom. The molecule has 2 aromatic carbocycles. The molecule has 0 bridgehead atoms. The number of rotatable bonds is 6. The van der Waals surface area contributed by atoms with Crippen LogP contribution in [-0.2, 0) is 29.2 Å². The van der Waals surface area contributed by atoms with Crippen LogP contribution in [0.2, 0.25) is 10.0 Å². The molecule has 0 unspecified atom stereocenters. The first-order valence-electron chi connectivity index (χ1n) is 9.15. The van der Waals surface area contributed by atoms with Crippen molar-refractivity contribution in [3.05, 3.63) is 70.1 Å². The molecule has 0 aliphatic carbocycles. The lowest BCUT2D eigenvalue weighted by atomic mass is 10.1. The third-order valence-electron chi connectivity index (χ3n) is 4.62. The zero-order valence-corrected chi connectivity index (χ0v) is 19.4. The number of sulfonamides is 1. The number of aryl methyl sites for hydroxylation is 1. The van der Waals surface area contributed by atoms with Gasteiger partial charge in [-0.1, -0.05) is 47.5 Å². The summed E-state index contributed by atoms with van der Waals surface area (Å²) in [5, 5.41) is 10.9. The minimum Gasteiger partial charge on any atom is -0.383 e. The summed E-state index contributed by atoms with van der Waals surface area (Å²) >= 11 is 12.3. The van der Waals surface area contributed by atoms with E-state index in [0.717, 1.165) is 11.8 Å². The van der Waals surface area contributed by atoms with Crippen molar-refractivity contribution in [2.45, 2.75) is 26.0 Å². The van der Waals surface area contributed by atoms with Crippen molar-refractivity contribution in [1.82, 2.24) is 9.55 Å². The quantitative estimate of drug-likeness (QED) is 0.575. The molecule has 160 valence electrons. The van der Waals surface area contributed by atoms with Crippen molar-refractivity contribution in [1.29, 1.82) is 0 Å². The SMILES string of the molecule is Cn1cc(-c2ccc(N(Cc3cccc(Cl)c3Cl)S(C)(=O)=O)cc2)nc1C(C)(C)O. The van der Waals surface area contributed by atoms with E-state index in [4.69, 9.17) is 23.2 Å². The molecule has 6 nitrogen and oxygen atoms in total. The maximum Gasteiger partial charge on any atom is 0.232 e. The average molecular weight is 468 g/mol. The monoisotopic (exact) mass is 467 g/mol. The van der Waals surface area contributed by atoms with Crippen LogP contribution in [0.5, 0.6) is 0 Å². The maximum atomic E-state index is 12.5. The van der Waals surface area contributed by atoms with E-state index in [1.165, 1.54) is 4.31 Å². The van der Waals surface area contributed by atoms with Gasteiger partial charge in [0.05, 0.1) is 34.2 Å². The van der Waals surface area contributed by atoms with Crippen molar-refractivity contribution in [2.24, 2.45) is 7.05 Å².